The van der Waals surface area contributed by atoms with E-state index in [0.29, 0.717) is 0 Å². The molecule has 1 rings (SSSR count). The van der Waals surface area contributed by atoms with Gasteiger partial charge in [0, 0.05) is 12.3 Å². The minimum atomic E-state index is -5.25. The molecule has 0 bridgehead atoms. The first-order chi connectivity index (χ1) is 10.9. The Morgan fingerprint density at radius 3 is 2.08 bits per heavy atom. The summed E-state index contributed by atoms with van der Waals surface area (Å²) < 4.78 is 117. The number of ketones is 1. The van der Waals surface area contributed by atoms with E-state index in [2.05, 4.69) is 0 Å². The van der Waals surface area contributed by atoms with Crippen molar-refractivity contribution in [1.29, 1.82) is 0 Å². The zero-order chi connectivity index (χ0) is 18.8. The smallest absolute Gasteiger partial charge is 0.295 e. The van der Waals surface area contributed by atoms with Crippen LogP contribution in [-0.4, -0.2) is 36.6 Å². The summed E-state index contributed by atoms with van der Waals surface area (Å²) in [6.07, 6.45) is -19.5. The number of halogens is 9. The number of hydrogen-bond acceptors (Lipinski definition) is 1. The van der Waals surface area contributed by atoms with Crippen molar-refractivity contribution in [3.8, 4) is 0 Å². The number of rotatable bonds is 6. The van der Waals surface area contributed by atoms with Gasteiger partial charge in [-0.2, -0.15) is 17.6 Å². The normalized spacial score (nSPS) is 22.9. The third kappa shape index (κ3) is 4.13. The van der Waals surface area contributed by atoms with E-state index in [4.69, 9.17) is 0 Å². The van der Waals surface area contributed by atoms with Gasteiger partial charge in [-0.1, -0.05) is 6.08 Å². The second kappa shape index (κ2) is 7.60. The summed E-state index contributed by atoms with van der Waals surface area (Å²) in [5, 5.41) is 0. The number of alkyl halides is 7. The molecule has 0 saturated carbocycles. The van der Waals surface area contributed by atoms with Crippen molar-refractivity contribution >= 4 is 5.78 Å². The molecule has 0 radical (unpaired) electrons. The fourth-order valence-corrected chi connectivity index (χ4v) is 2.32. The Morgan fingerprint density at radius 2 is 1.67 bits per heavy atom. The molecule has 0 amide bonds. The average Bonchev–Trinajstić information content (AvgIpc) is 2.47. The second-order valence-corrected chi connectivity index (χ2v) is 5.37. The molecule has 0 heterocycles. The van der Waals surface area contributed by atoms with Crippen LogP contribution < -0.4 is 0 Å². The van der Waals surface area contributed by atoms with Crippen molar-refractivity contribution in [2.75, 3.05) is 0 Å². The van der Waals surface area contributed by atoms with Gasteiger partial charge in [0.2, 0.25) is 6.17 Å². The number of carbonyl (C=O) groups excluding carboxylic acids is 1. The zero-order valence-electron chi connectivity index (χ0n) is 12.2. The van der Waals surface area contributed by atoms with E-state index < -0.39 is 67.1 Å². The van der Waals surface area contributed by atoms with Gasteiger partial charge in [-0.05, 0) is 18.9 Å². The molecular formula is C14H13F9O. The molecule has 24 heavy (non-hydrogen) atoms. The van der Waals surface area contributed by atoms with E-state index in [0.717, 1.165) is 6.08 Å². The Bertz CT molecular complexity index is 536. The fourth-order valence-electron chi connectivity index (χ4n) is 2.32. The Hall–Kier alpha value is -1.48. The average molecular weight is 368 g/mol. The molecule has 4 atom stereocenters. The topological polar surface area (TPSA) is 17.1 Å². The Kier molecular flexibility index (Phi) is 6.52. The molecule has 0 saturated heterocycles. The summed E-state index contributed by atoms with van der Waals surface area (Å²) in [5.74, 6) is -7.83. The third-order valence-corrected chi connectivity index (χ3v) is 3.72. The summed E-state index contributed by atoms with van der Waals surface area (Å²) in [6, 6.07) is 0. The molecule has 0 spiro atoms. The maximum absolute atomic E-state index is 13.9. The van der Waals surface area contributed by atoms with Crippen LogP contribution in [0.25, 0.3) is 0 Å². The van der Waals surface area contributed by atoms with Crippen molar-refractivity contribution < 1.29 is 44.3 Å². The molecule has 10 heteroatoms. The van der Waals surface area contributed by atoms with Gasteiger partial charge in [-0.3, -0.25) is 4.79 Å². The number of carbonyl (C=O) groups is 1. The van der Waals surface area contributed by atoms with Crippen LogP contribution in [0.1, 0.15) is 19.8 Å². The van der Waals surface area contributed by atoms with Crippen molar-refractivity contribution in [2.24, 2.45) is 5.92 Å². The van der Waals surface area contributed by atoms with Crippen LogP contribution in [0.5, 0.6) is 0 Å². The third-order valence-electron chi connectivity index (χ3n) is 3.72. The number of hydrogen-bond donors (Lipinski definition) is 0. The molecule has 0 aromatic rings. The highest BCUT2D eigenvalue weighted by Gasteiger charge is 2.56. The van der Waals surface area contributed by atoms with Gasteiger partial charge in [0.25, 0.3) is 12.5 Å². The molecule has 1 aliphatic rings. The maximum Gasteiger partial charge on any atom is 0.308 e. The summed E-state index contributed by atoms with van der Waals surface area (Å²) in [4.78, 5) is 11.5. The Labute approximate surface area is 131 Å². The molecule has 1 aliphatic carbocycles. The van der Waals surface area contributed by atoms with Gasteiger partial charge in [0.1, 0.15) is 0 Å². The first-order valence-corrected chi connectivity index (χ1v) is 6.75. The van der Waals surface area contributed by atoms with Gasteiger partial charge in [-0.25, -0.2) is 22.0 Å². The van der Waals surface area contributed by atoms with Gasteiger partial charge >= 0.3 is 5.92 Å². The standard InChI is InChI=1S/C14H13F9O/c1-5-2-3-6(4-7(5)24)8(12(18)19)14(22,23)11(17)9(15)10(16)13(20)21/h2,6,9-11,13H,3-4H2,1H3. The summed E-state index contributed by atoms with van der Waals surface area (Å²) in [6.45, 7) is 1.32. The SMILES string of the molecule is CC1=CCC(C(=C(F)F)C(F)(F)C(F)C(F)C(F)C(F)F)CC1=O. The minimum absolute atomic E-state index is 0.134. The van der Waals surface area contributed by atoms with Crippen LogP contribution >= 0.6 is 0 Å². The lowest BCUT2D eigenvalue weighted by Crippen LogP contribution is -2.46. The van der Waals surface area contributed by atoms with E-state index in [9.17, 15) is 44.3 Å². The van der Waals surface area contributed by atoms with Crippen LogP contribution in [-0.2, 0) is 4.79 Å². The van der Waals surface area contributed by atoms with Crippen molar-refractivity contribution in [1.82, 2.24) is 0 Å². The molecule has 1 nitrogen and oxygen atoms in total. The Morgan fingerprint density at radius 1 is 1.12 bits per heavy atom. The highest BCUT2D eigenvalue weighted by atomic mass is 19.3. The lowest BCUT2D eigenvalue weighted by Gasteiger charge is -2.31. The first-order valence-electron chi connectivity index (χ1n) is 6.75. The van der Waals surface area contributed by atoms with Crippen LogP contribution in [0.2, 0.25) is 0 Å². The van der Waals surface area contributed by atoms with Gasteiger partial charge in [0.05, 0.1) is 5.57 Å². The van der Waals surface area contributed by atoms with Gasteiger partial charge in [0.15, 0.2) is 18.1 Å². The molecule has 0 aromatic carbocycles. The van der Waals surface area contributed by atoms with Crippen molar-refractivity contribution in [3.05, 3.63) is 23.3 Å². The van der Waals surface area contributed by atoms with E-state index >= 15 is 0 Å². The van der Waals surface area contributed by atoms with E-state index in [-0.39, 0.29) is 5.57 Å². The van der Waals surface area contributed by atoms with Crippen molar-refractivity contribution in [2.45, 2.75) is 50.6 Å². The fraction of sp³-hybridized carbons (Fsp3) is 0.643. The van der Waals surface area contributed by atoms with Crippen LogP contribution in [0.4, 0.5) is 39.5 Å². The van der Waals surface area contributed by atoms with E-state index in [1.54, 1.807) is 0 Å². The maximum atomic E-state index is 13.9. The van der Waals surface area contributed by atoms with Crippen LogP contribution in [0.15, 0.2) is 23.3 Å². The predicted molar refractivity (Wildman–Crippen MR) is 66.4 cm³/mol. The van der Waals surface area contributed by atoms with Crippen molar-refractivity contribution in [3.63, 3.8) is 0 Å². The predicted octanol–water partition coefficient (Wildman–Crippen LogP) is 4.98. The molecule has 0 N–H and O–H groups in total. The lowest BCUT2D eigenvalue weighted by atomic mass is 9.80. The van der Waals surface area contributed by atoms with Crippen LogP contribution in [0.3, 0.4) is 0 Å². The lowest BCUT2D eigenvalue weighted by molar-refractivity contribution is -0.119. The summed E-state index contributed by atoms with van der Waals surface area (Å²) in [5.41, 5.74) is -2.04. The summed E-state index contributed by atoms with van der Waals surface area (Å²) >= 11 is 0. The largest absolute Gasteiger partial charge is 0.308 e. The first kappa shape index (κ1) is 20.6. The monoisotopic (exact) mass is 368 g/mol. The highest BCUT2D eigenvalue weighted by molar-refractivity contribution is 5.95. The van der Waals surface area contributed by atoms with E-state index in [1.807, 2.05) is 0 Å². The Balaban J connectivity index is 3.16. The molecule has 4 unspecified atom stereocenters. The number of allylic oxidation sites excluding steroid dienone is 3. The summed E-state index contributed by atoms with van der Waals surface area (Å²) in [7, 11) is 0. The number of Topliss-reactive ketones (excluding diaryl/α,β-unsaturated/α-hetero) is 1. The van der Waals surface area contributed by atoms with E-state index in [1.165, 1.54) is 6.92 Å². The second-order valence-electron chi connectivity index (χ2n) is 5.37. The molecule has 138 valence electrons. The minimum Gasteiger partial charge on any atom is -0.295 e. The quantitative estimate of drug-likeness (QED) is 0.605. The molecule has 0 aromatic heterocycles. The van der Waals surface area contributed by atoms with Gasteiger partial charge < -0.3 is 0 Å². The van der Waals surface area contributed by atoms with Crippen LogP contribution in [0, 0.1) is 5.92 Å². The molecular weight excluding hydrogens is 355 g/mol. The highest BCUT2D eigenvalue weighted by Crippen LogP contribution is 2.44. The van der Waals surface area contributed by atoms with Gasteiger partial charge in [-0.15, -0.1) is 0 Å². The molecule has 0 fully saturated rings. The molecule has 0 aliphatic heterocycles. The zero-order valence-corrected chi connectivity index (χ0v) is 12.2.